The summed E-state index contributed by atoms with van der Waals surface area (Å²) in [5, 5.41) is 0. The molecule has 0 amide bonds. The highest BCUT2D eigenvalue weighted by Gasteiger charge is 2.29. The summed E-state index contributed by atoms with van der Waals surface area (Å²) in [6.45, 7) is 0. The molecule has 0 aliphatic carbocycles. The minimum absolute atomic E-state index is 0.0310. The molecule has 1 aliphatic rings. The van der Waals surface area contributed by atoms with Gasteiger partial charge in [-0.25, -0.2) is 12.8 Å². The van der Waals surface area contributed by atoms with Gasteiger partial charge in [0.2, 0.25) is 0 Å². The zero-order valence-electron chi connectivity index (χ0n) is 10.0. The predicted molar refractivity (Wildman–Crippen MR) is 71.7 cm³/mol. The maximum atomic E-state index is 13.6. The summed E-state index contributed by atoms with van der Waals surface area (Å²) in [5.41, 5.74) is 0.581. The number of ether oxygens (including phenoxy) is 1. The number of alkyl halides is 1. The summed E-state index contributed by atoms with van der Waals surface area (Å²) in [6.07, 6.45) is -0.102. The lowest BCUT2D eigenvalue weighted by Gasteiger charge is -2.12. The molecule has 0 radical (unpaired) electrons. The first-order valence-electron chi connectivity index (χ1n) is 5.71. The lowest BCUT2D eigenvalue weighted by atomic mass is 10.2. The first-order valence-corrected chi connectivity index (χ1v) is 8.07. The van der Waals surface area contributed by atoms with Gasteiger partial charge < -0.3 is 4.74 Å². The summed E-state index contributed by atoms with van der Waals surface area (Å²) in [4.78, 5) is 0. The Labute approximate surface area is 116 Å². The second-order valence-corrected chi connectivity index (χ2v) is 6.72. The maximum Gasteiger partial charge on any atom is 0.165 e. The van der Waals surface area contributed by atoms with Gasteiger partial charge in [-0.15, -0.1) is 11.6 Å². The van der Waals surface area contributed by atoms with Gasteiger partial charge in [-0.05, 0) is 24.6 Å². The van der Waals surface area contributed by atoms with Crippen LogP contribution < -0.4 is 4.74 Å². The number of sulfone groups is 1. The zero-order valence-corrected chi connectivity index (χ0v) is 11.6. The Bertz CT molecular complexity index is 631. The van der Waals surface area contributed by atoms with Crippen molar-refractivity contribution in [2.24, 2.45) is 0 Å². The van der Waals surface area contributed by atoms with E-state index in [9.17, 15) is 12.8 Å². The van der Waals surface area contributed by atoms with E-state index >= 15 is 0 Å². The average Bonchev–Trinajstić information content (AvgIpc) is 2.70. The molecule has 19 heavy (non-hydrogen) atoms. The van der Waals surface area contributed by atoms with Crippen LogP contribution in [-0.2, 0) is 9.84 Å². The fraction of sp³-hybridized carbons (Fsp3) is 0.385. The van der Waals surface area contributed by atoms with Crippen molar-refractivity contribution in [2.45, 2.75) is 12.5 Å². The Morgan fingerprint density at radius 3 is 2.89 bits per heavy atom. The van der Waals surface area contributed by atoms with Gasteiger partial charge in [0.25, 0.3) is 0 Å². The monoisotopic (exact) mass is 302 g/mol. The molecule has 1 aliphatic heterocycles. The number of benzene rings is 1. The van der Waals surface area contributed by atoms with Gasteiger partial charge in [0, 0.05) is 5.56 Å². The van der Waals surface area contributed by atoms with E-state index in [1.165, 1.54) is 18.2 Å². The first-order chi connectivity index (χ1) is 9.00. The van der Waals surface area contributed by atoms with Crippen molar-refractivity contribution in [1.82, 2.24) is 0 Å². The first kappa shape index (κ1) is 14.2. The summed E-state index contributed by atoms with van der Waals surface area (Å²) in [5.74, 6) is 5.13. The van der Waals surface area contributed by atoms with Crippen LogP contribution in [0, 0.1) is 17.7 Å². The third-order valence-electron chi connectivity index (χ3n) is 2.72. The molecule has 1 heterocycles. The number of hydrogen-bond acceptors (Lipinski definition) is 3. The molecule has 0 bridgehead atoms. The van der Waals surface area contributed by atoms with Crippen LogP contribution in [0.3, 0.4) is 0 Å². The molecule has 2 rings (SSSR count). The van der Waals surface area contributed by atoms with Crippen LogP contribution >= 0.6 is 11.6 Å². The Kier molecular flexibility index (Phi) is 4.33. The highest BCUT2D eigenvalue weighted by Crippen LogP contribution is 2.23. The van der Waals surface area contributed by atoms with Crippen LogP contribution in [0.2, 0.25) is 0 Å². The smallest absolute Gasteiger partial charge is 0.165 e. The largest absolute Gasteiger partial charge is 0.486 e. The van der Waals surface area contributed by atoms with Crippen molar-refractivity contribution < 1.29 is 17.5 Å². The molecule has 0 spiro atoms. The number of halogens is 2. The minimum atomic E-state index is -3.05. The molecule has 0 N–H and O–H groups in total. The molecule has 6 heteroatoms. The molecule has 0 saturated carbocycles. The molecule has 0 aromatic heterocycles. The average molecular weight is 303 g/mol. The summed E-state index contributed by atoms with van der Waals surface area (Å²) in [7, 11) is -3.05. The fourth-order valence-electron chi connectivity index (χ4n) is 1.84. The normalized spacial score (nSPS) is 20.6. The highest BCUT2D eigenvalue weighted by atomic mass is 35.5. The molecule has 1 saturated heterocycles. The van der Waals surface area contributed by atoms with E-state index in [-0.39, 0.29) is 23.1 Å². The summed E-state index contributed by atoms with van der Waals surface area (Å²) >= 11 is 5.45. The quantitative estimate of drug-likeness (QED) is 0.620. The number of hydrogen-bond donors (Lipinski definition) is 0. The zero-order chi connectivity index (χ0) is 13.9. The van der Waals surface area contributed by atoms with Crippen molar-refractivity contribution >= 4 is 21.4 Å². The van der Waals surface area contributed by atoms with E-state index in [0.717, 1.165) is 0 Å². The van der Waals surface area contributed by atoms with E-state index in [1.807, 2.05) is 0 Å². The van der Waals surface area contributed by atoms with Crippen LogP contribution in [0.4, 0.5) is 4.39 Å². The van der Waals surface area contributed by atoms with Crippen LogP contribution in [0.1, 0.15) is 12.0 Å². The van der Waals surface area contributed by atoms with Crippen LogP contribution in [0.15, 0.2) is 18.2 Å². The molecule has 1 unspecified atom stereocenters. The van der Waals surface area contributed by atoms with Gasteiger partial charge in [0.1, 0.15) is 6.10 Å². The summed E-state index contributed by atoms with van der Waals surface area (Å²) < 4.78 is 41.6. The van der Waals surface area contributed by atoms with Gasteiger partial charge in [0.15, 0.2) is 21.4 Å². The highest BCUT2D eigenvalue weighted by molar-refractivity contribution is 7.91. The van der Waals surface area contributed by atoms with Crippen molar-refractivity contribution in [2.75, 3.05) is 17.4 Å². The minimum Gasteiger partial charge on any atom is -0.486 e. The van der Waals surface area contributed by atoms with E-state index in [4.69, 9.17) is 16.3 Å². The van der Waals surface area contributed by atoms with Crippen LogP contribution in [-0.4, -0.2) is 31.9 Å². The Morgan fingerprint density at radius 1 is 1.47 bits per heavy atom. The second-order valence-electron chi connectivity index (χ2n) is 4.22. The van der Waals surface area contributed by atoms with Gasteiger partial charge in [-0.2, -0.15) is 0 Å². The molecule has 1 atom stereocenters. The van der Waals surface area contributed by atoms with E-state index in [1.54, 1.807) is 0 Å². The Morgan fingerprint density at radius 2 is 2.26 bits per heavy atom. The van der Waals surface area contributed by atoms with Gasteiger partial charge in [-0.3, -0.25) is 0 Å². The third kappa shape index (κ3) is 3.85. The fourth-order valence-corrected chi connectivity index (χ4v) is 3.50. The van der Waals surface area contributed by atoms with Crippen molar-refractivity contribution in [3.63, 3.8) is 0 Å². The molecule has 1 fully saturated rings. The van der Waals surface area contributed by atoms with Gasteiger partial charge in [0.05, 0.1) is 17.4 Å². The molecular formula is C13H12ClFO3S. The van der Waals surface area contributed by atoms with E-state index < -0.39 is 21.8 Å². The van der Waals surface area contributed by atoms with E-state index in [2.05, 4.69) is 11.8 Å². The van der Waals surface area contributed by atoms with Crippen LogP contribution in [0.5, 0.6) is 5.75 Å². The molecular weight excluding hydrogens is 291 g/mol. The van der Waals surface area contributed by atoms with Crippen molar-refractivity contribution in [3.8, 4) is 17.6 Å². The maximum absolute atomic E-state index is 13.6. The third-order valence-corrected chi connectivity index (χ3v) is 4.59. The van der Waals surface area contributed by atoms with Gasteiger partial charge >= 0.3 is 0 Å². The SMILES string of the molecule is O=S1(=O)CCC(Oc2cc(C#CCCl)ccc2F)C1. The topological polar surface area (TPSA) is 43.4 Å². The Hall–Kier alpha value is -1.25. The summed E-state index contributed by atoms with van der Waals surface area (Å²) in [6, 6.07) is 4.23. The number of rotatable bonds is 2. The predicted octanol–water partition coefficient (Wildman–Crippen LogP) is 1.98. The molecule has 102 valence electrons. The van der Waals surface area contributed by atoms with Gasteiger partial charge in [-0.1, -0.05) is 11.8 Å². The van der Waals surface area contributed by atoms with Crippen LogP contribution in [0.25, 0.3) is 0 Å². The second kappa shape index (κ2) is 5.81. The molecule has 1 aromatic carbocycles. The standard InChI is InChI=1S/C13H12ClFO3S/c14-6-1-2-10-3-4-12(15)13(8-10)18-11-5-7-19(16,17)9-11/h3-4,8,11H,5-7,9H2. The lowest BCUT2D eigenvalue weighted by molar-refractivity contribution is 0.218. The molecule has 3 nitrogen and oxygen atoms in total. The Balaban J connectivity index is 2.16. The van der Waals surface area contributed by atoms with E-state index in [0.29, 0.717) is 12.0 Å². The molecule has 1 aromatic rings. The van der Waals surface area contributed by atoms with Crippen molar-refractivity contribution in [3.05, 3.63) is 29.6 Å². The lowest BCUT2D eigenvalue weighted by Crippen LogP contribution is -2.18. The van der Waals surface area contributed by atoms with Crippen molar-refractivity contribution in [1.29, 1.82) is 0 Å².